The summed E-state index contributed by atoms with van der Waals surface area (Å²) < 4.78 is 31.5. The number of nitrogens with zero attached hydrogens (tertiary/aromatic N) is 3. The molecule has 0 spiro atoms. The quantitative estimate of drug-likeness (QED) is 0.708. The predicted molar refractivity (Wildman–Crippen MR) is 122 cm³/mol. The molecular weight excluding hydrogens is 410 g/mol. The zero-order chi connectivity index (χ0) is 22.2. The minimum absolute atomic E-state index is 0.0588. The molecule has 2 aromatic rings. The Kier molecular flexibility index (Phi) is 6.26. The summed E-state index contributed by atoms with van der Waals surface area (Å²) in [5.74, 6) is -0.154. The van der Waals surface area contributed by atoms with E-state index in [1.807, 2.05) is 60.6 Å². The van der Waals surface area contributed by atoms with Crippen molar-refractivity contribution in [3.8, 4) is 5.69 Å². The van der Waals surface area contributed by atoms with Gasteiger partial charge in [0, 0.05) is 42.8 Å². The van der Waals surface area contributed by atoms with Crippen molar-refractivity contribution in [2.45, 2.75) is 70.2 Å². The van der Waals surface area contributed by atoms with E-state index in [0.717, 1.165) is 44.2 Å². The molecule has 6 nitrogen and oxygen atoms in total. The summed E-state index contributed by atoms with van der Waals surface area (Å²) in [5, 5.41) is 0. The highest BCUT2D eigenvalue weighted by Crippen LogP contribution is 2.35. The smallest absolute Gasteiger partial charge is 0.257 e. The maximum Gasteiger partial charge on any atom is 0.257 e. The molecular formula is C24H33N3O3S. The van der Waals surface area contributed by atoms with E-state index < -0.39 is 10.0 Å². The van der Waals surface area contributed by atoms with Crippen LogP contribution in [0.3, 0.4) is 0 Å². The van der Waals surface area contributed by atoms with Gasteiger partial charge < -0.3 is 9.47 Å². The van der Waals surface area contributed by atoms with Crippen LogP contribution in [0.2, 0.25) is 0 Å². The van der Waals surface area contributed by atoms with E-state index in [-0.39, 0.29) is 16.8 Å². The van der Waals surface area contributed by atoms with Crippen LogP contribution in [0.4, 0.5) is 0 Å². The lowest BCUT2D eigenvalue weighted by Gasteiger charge is -2.33. The summed E-state index contributed by atoms with van der Waals surface area (Å²) in [6.45, 7) is 7.56. The molecule has 0 radical (unpaired) electrons. The van der Waals surface area contributed by atoms with Gasteiger partial charge in [0.15, 0.2) is 0 Å². The van der Waals surface area contributed by atoms with E-state index in [9.17, 15) is 13.2 Å². The number of aromatic nitrogens is 1. The molecule has 7 heteroatoms. The van der Waals surface area contributed by atoms with Gasteiger partial charge in [-0.25, -0.2) is 8.42 Å². The van der Waals surface area contributed by atoms with Gasteiger partial charge >= 0.3 is 0 Å². The van der Waals surface area contributed by atoms with E-state index in [1.54, 1.807) is 4.31 Å². The van der Waals surface area contributed by atoms with Crippen LogP contribution in [0.15, 0.2) is 35.2 Å². The minimum atomic E-state index is -3.80. The number of rotatable bonds is 4. The number of likely N-dealkylation sites (tertiary alicyclic amines) is 1. The van der Waals surface area contributed by atoms with E-state index in [2.05, 4.69) is 0 Å². The summed E-state index contributed by atoms with van der Waals surface area (Å²) in [6.07, 6.45) is 5.80. The fraction of sp³-hybridized carbons (Fsp3) is 0.542. The van der Waals surface area contributed by atoms with Crippen LogP contribution >= 0.6 is 0 Å². The highest BCUT2D eigenvalue weighted by Gasteiger charge is 2.39. The summed E-state index contributed by atoms with van der Waals surface area (Å²) >= 11 is 0. The SMILES string of the molecule is Cc1c(C(=O)N2CCCCC2)c(S(=O)(=O)N2CCCC[C@@H]2C)c(C)n1-c1ccccc1. The number of sulfonamides is 1. The third-order valence-corrected chi connectivity index (χ3v) is 8.94. The van der Waals surface area contributed by atoms with Crippen molar-refractivity contribution in [3.63, 3.8) is 0 Å². The van der Waals surface area contributed by atoms with Crippen LogP contribution in [0.1, 0.15) is 67.2 Å². The number of benzene rings is 1. The predicted octanol–water partition coefficient (Wildman–Crippen LogP) is 4.28. The average Bonchev–Trinajstić information content (AvgIpc) is 3.05. The lowest BCUT2D eigenvalue weighted by atomic mass is 10.1. The second kappa shape index (κ2) is 8.79. The average molecular weight is 444 g/mol. The third kappa shape index (κ3) is 3.94. The van der Waals surface area contributed by atoms with Gasteiger partial charge in [0.25, 0.3) is 5.91 Å². The molecule has 1 amide bonds. The maximum absolute atomic E-state index is 14.0. The van der Waals surface area contributed by atoms with Gasteiger partial charge in [0.1, 0.15) is 4.90 Å². The number of para-hydroxylation sites is 1. The van der Waals surface area contributed by atoms with Crippen molar-refractivity contribution in [2.75, 3.05) is 19.6 Å². The van der Waals surface area contributed by atoms with Crippen LogP contribution in [0, 0.1) is 13.8 Å². The van der Waals surface area contributed by atoms with Gasteiger partial charge in [-0.2, -0.15) is 4.31 Å². The molecule has 2 saturated heterocycles. The van der Waals surface area contributed by atoms with Crippen LogP contribution in [-0.2, 0) is 10.0 Å². The second-order valence-corrected chi connectivity index (χ2v) is 10.7. The Bertz CT molecular complexity index is 1050. The summed E-state index contributed by atoms with van der Waals surface area (Å²) in [5.41, 5.74) is 2.53. The van der Waals surface area contributed by atoms with Gasteiger partial charge in [-0.3, -0.25) is 4.79 Å². The lowest BCUT2D eigenvalue weighted by Crippen LogP contribution is -2.43. The fourth-order valence-electron chi connectivity index (χ4n) is 5.14. The Morgan fingerprint density at radius 1 is 0.903 bits per heavy atom. The Balaban J connectivity index is 1.91. The molecule has 0 aliphatic carbocycles. The summed E-state index contributed by atoms with van der Waals surface area (Å²) in [4.78, 5) is 15.7. The zero-order valence-corrected chi connectivity index (χ0v) is 19.6. The van der Waals surface area contributed by atoms with Crippen molar-refractivity contribution in [1.82, 2.24) is 13.8 Å². The van der Waals surface area contributed by atoms with E-state index in [4.69, 9.17) is 0 Å². The van der Waals surface area contributed by atoms with Crippen molar-refractivity contribution >= 4 is 15.9 Å². The number of carbonyl (C=O) groups excluding carboxylic acids is 1. The van der Waals surface area contributed by atoms with Crippen LogP contribution in [0.25, 0.3) is 5.69 Å². The summed E-state index contributed by atoms with van der Waals surface area (Å²) in [7, 11) is -3.80. The molecule has 4 rings (SSSR count). The van der Waals surface area contributed by atoms with E-state index in [1.165, 1.54) is 0 Å². The molecule has 1 aromatic carbocycles. The topological polar surface area (TPSA) is 62.6 Å². The van der Waals surface area contributed by atoms with Gasteiger partial charge in [0.05, 0.1) is 5.56 Å². The second-order valence-electron chi connectivity index (χ2n) is 8.86. The molecule has 0 saturated carbocycles. The van der Waals surface area contributed by atoms with Crippen molar-refractivity contribution in [1.29, 1.82) is 0 Å². The first-order valence-electron chi connectivity index (χ1n) is 11.4. The van der Waals surface area contributed by atoms with Gasteiger partial charge in [-0.15, -0.1) is 0 Å². The third-order valence-electron chi connectivity index (χ3n) is 6.77. The number of hydrogen-bond acceptors (Lipinski definition) is 3. The van der Waals surface area contributed by atoms with Crippen molar-refractivity contribution < 1.29 is 13.2 Å². The van der Waals surface area contributed by atoms with Gasteiger partial charge in [-0.1, -0.05) is 24.6 Å². The van der Waals surface area contributed by atoms with Crippen LogP contribution < -0.4 is 0 Å². The molecule has 1 aromatic heterocycles. The number of hydrogen-bond donors (Lipinski definition) is 0. The van der Waals surface area contributed by atoms with Crippen LogP contribution in [0.5, 0.6) is 0 Å². The standard InChI is InChI=1S/C24H33N3O3S/c1-18-12-8-11-17-26(18)31(29,30)23-20(3)27(21-13-6-4-7-14-21)19(2)22(23)24(28)25-15-9-5-10-16-25/h4,6-7,13-14,18H,5,8-12,15-17H2,1-3H3/t18-/m0/s1. The molecule has 1 atom stereocenters. The Labute approximate surface area is 185 Å². The fourth-order valence-corrected chi connectivity index (χ4v) is 7.28. The molecule has 0 N–H and O–H groups in total. The van der Waals surface area contributed by atoms with Crippen molar-refractivity contribution in [2.24, 2.45) is 0 Å². The Morgan fingerprint density at radius 3 is 2.19 bits per heavy atom. The maximum atomic E-state index is 14.0. The van der Waals surface area contributed by atoms with Crippen LogP contribution in [-0.4, -0.2) is 53.8 Å². The minimum Gasteiger partial charge on any atom is -0.339 e. The number of amides is 1. The molecule has 168 valence electrons. The van der Waals surface area contributed by atoms with Crippen molar-refractivity contribution in [3.05, 3.63) is 47.3 Å². The molecule has 0 bridgehead atoms. The molecule has 2 aliphatic heterocycles. The van der Waals surface area contributed by atoms with E-state index in [0.29, 0.717) is 36.6 Å². The number of piperidine rings is 2. The van der Waals surface area contributed by atoms with E-state index >= 15 is 0 Å². The highest BCUT2D eigenvalue weighted by atomic mass is 32.2. The molecule has 0 unspecified atom stereocenters. The van der Waals surface area contributed by atoms with Gasteiger partial charge in [-0.05, 0) is 65.0 Å². The Morgan fingerprint density at radius 2 is 1.55 bits per heavy atom. The molecule has 2 aliphatic rings. The molecule has 2 fully saturated rings. The highest BCUT2D eigenvalue weighted by molar-refractivity contribution is 7.89. The monoisotopic (exact) mass is 443 g/mol. The summed E-state index contributed by atoms with van der Waals surface area (Å²) in [6, 6.07) is 9.65. The lowest BCUT2D eigenvalue weighted by molar-refractivity contribution is 0.0719. The normalized spacial score (nSPS) is 20.7. The Hall–Kier alpha value is -2.12. The molecule has 3 heterocycles. The van der Waals surface area contributed by atoms with Gasteiger partial charge in [0.2, 0.25) is 10.0 Å². The zero-order valence-electron chi connectivity index (χ0n) is 18.8. The number of carbonyl (C=O) groups is 1. The first kappa shape index (κ1) is 22.1. The molecule has 31 heavy (non-hydrogen) atoms. The largest absolute Gasteiger partial charge is 0.339 e. The first-order chi connectivity index (χ1) is 14.8. The first-order valence-corrected chi connectivity index (χ1v) is 12.9.